The van der Waals surface area contributed by atoms with Crippen LogP contribution in [-0.2, 0) is 17.8 Å². The highest BCUT2D eigenvalue weighted by Crippen LogP contribution is 2.37. The van der Waals surface area contributed by atoms with Crippen LogP contribution < -0.4 is 14.8 Å². The number of carboxylic acid groups (broad SMARTS) is 1. The van der Waals surface area contributed by atoms with Gasteiger partial charge in [0.1, 0.15) is 6.04 Å². The summed E-state index contributed by atoms with van der Waals surface area (Å²) in [4.78, 5) is 15.1. The van der Waals surface area contributed by atoms with Crippen molar-refractivity contribution in [3.63, 3.8) is 0 Å². The van der Waals surface area contributed by atoms with E-state index in [4.69, 9.17) is 9.47 Å². The first-order valence-electron chi connectivity index (χ1n) is 10.0. The number of carboxylic acids is 1. The number of halogens is 1. The fourth-order valence-corrected chi connectivity index (χ4v) is 3.93. The van der Waals surface area contributed by atoms with Gasteiger partial charge in [-0.2, -0.15) is 0 Å². The number of benzene rings is 2. The third-order valence-electron chi connectivity index (χ3n) is 4.67. The SMILES string of the molecule is CCOc1cc(CN[C@H](Cc2c[nH]c3ccccc23)C(=O)O)cc(Br)c1OC(C)C. The van der Waals surface area contributed by atoms with Gasteiger partial charge in [-0.15, -0.1) is 0 Å². The fourth-order valence-electron chi connectivity index (χ4n) is 3.34. The molecule has 7 heteroatoms. The molecule has 3 rings (SSSR count). The average Bonchev–Trinajstić information content (AvgIpc) is 3.10. The van der Waals surface area contributed by atoms with Crippen molar-refractivity contribution in [3.8, 4) is 11.5 Å². The van der Waals surface area contributed by atoms with Crippen LogP contribution in [0, 0.1) is 0 Å². The molecule has 0 bridgehead atoms. The predicted molar refractivity (Wildman–Crippen MR) is 121 cm³/mol. The van der Waals surface area contributed by atoms with E-state index in [2.05, 4.69) is 26.2 Å². The van der Waals surface area contributed by atoms with Gasteiger partial charge in [-0.3, -0.25) is 4.79 Å². The standard InChI is InChI=1S/C23H27BrN2O4/c1-4-29-21-10-15(9-18(24)22(21)30-14(2)3)12-25-20(23(27)28)11-16-13-26-19-8-6-5-7-17(16)19/h5-10,13-14,20,25-26H,4,11-12H2,1-3H3,(H,27,28)/t20-/m1/s1. The Morgan fingerprint density at radius 3 is 2.73 bits per heavy atom. The number of aromatic nitrogens is 1. The smallest absolute Gasteiger partial charge is 0.321 e. The lowest BCUT2D eigenvalue weighted by Crippen LogP contribution is -2.38. The van der Waals surface area contributed by atoms with Crippen LogP contribution in [-0.4, -0.2) is 34.8 Å². The molecule has 160 valence electrons. The number of fused-ring (bicyclic) bond motifs is 1. The van der Waals surface area contributed by atoms with Gasteiger partial charge < -0.3 is 24.9 Å². The van der Waals surface area contributed by atoms with E-state index in [1.54, 1.807) is 0 Å². The van der Waals surface area contributed by atoms with Gasteiger partial charge in [-0.05, 0) is 66.0 Å². The van der Waals surface area contributed by atoms with Gasteiger partial charge in [0.2, 0.25) is 0 Å². The Hall–Kier alpha value is -2.51. The molecule has 1 heterocycles. The number of nitrogens with one attached hydrogen (secondary N) is 2. The number of H-pyrrole nitrogens is 1. The van der Waals surface area contributed by atoms with E-state index in [1.165, 1.54) is 0 Å². The number of carbonyl (C=O) groups is 1. The number of ether oxygens (including phenoxy) is 2. The second-order valence-corrected chi connectivity index (χ2v) is 8.19. The first-order valence-corrected chi connectivity index (χ1v) is 10.8. The van der Waals surface area contributed by atoms with E-state index in [-0.39, 0.29) is 6.10 Å². The summed E-state index contributed by atoms with van der Waals surface area (Å²) >= 11 is 3.55. The summed E-state index contributed by atoms with van der Waals surface area (Å²) in [7, 11) is 0. The van der Waals surface area contributed by atoms with Crippen LogP contribution in [0.3, 0.4) is 0 Å². The zero-order valence-corrected chi connectivity index (χ0v) is 19.0. The van der Waals surface area contributed by atoms with E-state index < -0.39 is 12.0 Å². The van der Waals surface area contributed by atoms with E-state index in [0.717, 1.165) is 26.5 Å². The van der Waals surface area contributed by atoms with Crippen molar-refractivity contribution in [2.24, 2.45) is 0 Å². The quantitative estimate of drug-likeness (QED) is 0.389. The predicted octanol–water partition coefficient (Wildman–Crippen LogP) is 4.90. The maximum absolute atomic E-state index is 11.9. The average molecular weight is 475 g/mol. The Bertz CT molecular complexity index is 1020. The monoisotopic (exact) mass is 474 g/mol. The molecule has 6 nitrogen and oxygen atoms in total. The Labute approximate surface area is 184 Å². The van der Waals surface area contributed by atoms with Crippen molar-refractivity contribution >= 4 is 32.8 Å². The summed E-state index contributed by atoms with van der Waals surface area (Å²) in [6.07, 6.45) is 2.27. The van der Waals surface area contributed by atoms with Gasteiger partial charge in [0.25, 0.3) is 0 Å². The second kappa shape index (κ2) is 10.00. The molecule has 0 radical (unpaired) electrons. The minimum absolute atomic E-state index is 0.0112. The number of aliphatic carboxylic acids is 1. The maximum Gasteiger partial charge on any atom is 0.321 e. The largest absolute Gasteiger partial charge is 0.490 e. The summed E-state index contributed by atoms with van der Waals surface area (Å²) in [6.45, 7) is 6.73. The van der Waals surface area contributed by atoms with Crippen molar-refractivity contribution < 1.29 is 19.4 Å². The number of hydrogen-bond donors (Lipinski definition) is 3. The zero-order chi connectivity index (χ0) is 21.7. The lowest BCUT2D eigenvalue weighted by molar-refractivity contribution is -0.139. The molecule has 1 atom stereocenters. The van der Waals surface area contributed by atoms with E-state index >= 15 is 0 Å². The number of para-hydroxylation sites is 1. The van der Waals surface area contributed by atoms with Crippen LogP contribution in [0.15, 0.2) is 47.1 Å². The molecule has 0 spiro atoms. The number of aromatic amines is 1. The molecular formula is C23H27BrN2O4. The highest BCUT2D eigenvalue weighted by molar-refractivity contribution is 9.10. The zero-order valence-electron chi connectivity index (χ0n) is 17.4. The second-order valence-electron chi connectivity index (χ2n) is 7.34. The molecule has 0 saturated carbocycles. The minimum Gasteiger partial charge on any atom is -0.490 e. The molecule has 0 unspecified atom stereocenters. The Balaban J connectivity index is 1.76. The van der Waals surface area contributed by atoms with Crippen molar-refractivity contribution in [2.75, 3.05) is 6.61 Å². The van der Waals surface area contributed by atoms with E-state index in [0.29, 0.717) is 31.1 Å². The normalized spacial score (nSPS) is 12.3. The van der Waals surface area contributed by atoms with Crippen LogP contribution in [0.25, 0.3) is 10.9 Å². The summed E-state index contributed by atoms with van der Waals surface area (Å²) < 4.78 is 12.4. The van der Waals surface area contributed by atoms with Crippen LogP contribution in [0.4, 0.5) is 0 Å². The molecule has 2 aromatic carbocycles. The minimum atomic E-state index is -0.885. The van der Waals surface area contributed by atoms with Gasteiger partial charge in [-0.1, -0.05) is 18.2 Å². The van der Waals surface area contributed by atoms with Crippen LogP contribution >= 0.6 is 15.9 Å². The molecule has 0 saturated heterocycles. The summed E-state index contributed by atoms with van der Waals surface area (Å²) in [5.74, 6) is 0.411. The first-order chi connectivity index (χ1) is 14.4. The van der Waals surface area contributed by atoms with Crippen LogP contribution in [0.2, 0.25) is 0 Å². The van der Waals surface area contributed by atoms with Crippen molar-refractivity contribution in [3.05, 3.63) is 58.2 Å². The fraction of sp³-hybridized carbons (Fsp3) is 0.348. The lowest BCUT2D eigenvalue weighted by Gasteiger charge is -2.19. The van der Waals surface area contributed by atoms with E-state index in [9.17, 15) is 9.90 Å². The number of rotatable bonds is 10. The van der Waals surface area contributed by atoms with Crippen molar-refractivity contribution in [1.82, 2.24) is 10.3 Å². The Kier molecular flexibility index (Phi) is 7.39. The molecule has 0 aliphatic heterocycles. The third-order valence-corrected chi connectivity index (χ3v) is 5.26. The van der Waals surface area contributed by atoms with Gasteiger partial charge in [0.15, 0.2) is 11.5 Å². The third kappa shape index (κ3) is 5.34. The van der Waals surface area contributed by atoms with E-state index in [1.807, 2.05) is 63.4 Å². The molecule has 0 aliphatic rings. The van der Waals surface area contributed by atoms with Crippen molar-refractivity contribution in [1.29, 1.82) is 0 Å². The van der Waals surface area contributed by atoms with Gasteiger partial charge in [0, 0.05) is 30.1 Å². The Morgan fingerprint density at radius 2 is 2.03 bits per heavy atom. The summed E-state index contributed by atoms with van der Waals surface area (Å²) in [5, 5.41) is 13.9. The molecule has 1 aromatic heterocycles. The number of hydrogen-bond acceptors (Lipinski definition) is 4. The van der Waals surface area contributed by atoms with Crippen LogP contribution in [0.5, 0.6) is 11.5 Å². The molecule has 0 amide bonds. The highest BCUT2D eigenvalue weighted by Gasteiger charge is 2.20. The highest BCUT2D eigenvalue weighted by atomic mass is 79.9. The molecule has 30 heavy (non-hydrogen) atoms. The van der Waals surface area contributed by atoms with Gasteiger partial charge >= 0.3 is 5.97 Å². The Morgan fingerprint density at radius 1 is 1.27 bits per heavy atom. The molecule has 3 aromatic rings. The molecule has 3 N–H and O–H groups in total. The van der Waals surface area contributed by atoms with Crippen LogP contribution in [0.1, 0.15) is 31.9 Å². The summed E-state index contributed by atoms with van der Waals surface area (Å²) in [6, 6.07) is 11.0. The van der Waals surface area contributed by atoms with Gasteiger partial charge in [0.05, 0.1) is 17.2 Å². The van der Waals surface area contributed by atoms with Crippen molar-refractivity contribution in [2.45, 2.75) is 45.9 Å². The molecular weight excluding hydrogens is 448 g/mol. The molecule has 0 fully saturated rings. The summed E-state index contributed by atoms with van der Waals surface area (Å²) in [5.41, 5.74) is 2.89. The molecule has 0 aliphatic carbocycles. The topological polar surface area (TPSA) is 83.6 Å². The lowest BCUT2D eigenvalue weighted by atomic mass is 10.0. The maximum atomic E-state index is 11.9. The van der Waals surface area contributed by atoms with Gasteiger partial charge in [-0.25, -0.2) is 0 Å². The first kappa shape index (κ1) is 22.2.